The highest BCUT2D eigenvalue weighted by Gasteiger charge is 2.23. The number of aliphatic hydroxyl groups is 1. The van der Waals surface area contributed by atoms with Gasteiger partial charge in [-0.05, 0) is 19.9 Å². The van der Waals surface area contributed by atoms with E-state index in [-0.39, 0.29) is 23.2 Å². The zero-order chi connectivity index (χ0) is 13.2. The molecule has 0 aliphatic heterocycles. The summed E-state index contributed by atoms with van der Waals surface area (Å²) in [6.45, 7) is 3.43. The Balaban J connectivity index is 3.10. The van der Waals surface area contributed by atoms with E-state index in [1.54, 1.807) is 20.9 Å². The van der Waals surface area contributed by atoms with Gasteiger partial charge in [-0.2, -0.15) is 0 Å². The van der Waals surface area contributed by atoms with Gasteiger partial charge in [-0.3, -0.25) is 10.1 Å². The quantitative estimate of drug-likeness (QED) is 0.507. The van der Waals surface area contributed by atoms with Gasteiger partial charge in [0.15, 0.2) is 0 Å². The van der Waals surface area contributed by atoms with Crippen molar-refractivity contribution in [2.45, 2.75) is 19.4 Å². The Morgan fingerprint density at radius 3 is 2.65 bits per heavy atom. The molecular weight excluding hydrogens is 246 g/mol. The van der Waals surface area contributed by atoms with Gasteiger partial charge in [-0.1, -0.05) is 11.6 Å². The molecular formula is C10H14ClN3O3. The van der Waals surface area contributed by atoms with E-state index in [4.69, 9.17) is 11.6 Å². The summed E-state index contributed by atoms with van der Waals surface area (Å²) in [5.74, 6) is 0.143. The summed E-state index contributed by atoms with van der Waals surface area (Å²) in [6, 6.07) is 2.66. The first-order valence-electron chi connectivity index (χ1n) is 4.95. The van der Waals surface area contributed by atoms with Crippen LogP contribution in [0.2, 0.25) is 5.15 Å². The standard InChI is InChI=1S/C10H14ClN3O3/c1-10(2,15)6-13(3)9-7(14(16)17)4-5-8(11)12-9/h4-5,15H,6H2,1-3H3. The summed E-state index contributed by atoms with van der Waals surface area (Å²) in [6.07, 6.45) is 0. The van der Waals surface area contributed by atoms with Crippen molar-refractivity contribution >= 4 is 23.1 Å². The van der Waals surface area contributed by atoms with Crippen LogP contribution in [-0.4, -0.2) is 34.2 Å². The van der Waals surface area contributed by atoms with Crippen LogP contribution in [0.5, 0.6) is 0 Å². The Morgan fingerprint density at radius 1 is 1.59 bits per heavy atom. The number of rotatable bonds is 4. The molecule has 0 atom stereocenters. The molecule has 1 aromatic rings. The van der Waals surface area contributed by atoms with E-state index >= 15 is 0 Å². The number of nitrogens with zero attached hydrogens (tertiary/aromatic N) is 3. The fourth-order valence-corrected chi connectivity index (χ4v) is 1.64. The molecule has 1 rings (SSSR count). The maximum atomic E-state index is 10.8. The highest BCUT2D eigenvalue weighted by Crippen LogP contribution is 2.27. The molecule has 0 bridgehead atoms. The molecule has 0 saturated heterocycles. The predicted octanol–water partition coefficient (Wildman–Crippen LogP) is 1.85. The molecule has 7 heteroatoms. The van der Waals surface area contributed by atoms with E-state index in [1.807, 2.05) is 0 Å². The van der Waals surface area contributed by atoms with E-state index in [2.05, 4.69) is 4.98 Å². The van der Waals surface area contributed by atoms with Crippen LogP contribution in [0.3, 0.4) is 0 Å². The lowest BCUT2D eigenvalue weighted by atomic mass is 10.1. The van der Waals surface area contributed by atoms with Crippen molar-refractivity contribution in [1.82, 2.24) is 4.98 Å². The molecule has 0 amide bonds. The number of aromatic nitrogens is 1. The number of pyridine rings is 1. The van der Waals surface area contributed by atoms with Gasteiger partial charge in [0.25, 0.3) is 0 Å². The second kappa shape index (κ2) is 4.85. The number of nitro groups is 1. The third kappa shape index (κ3) is 3.83. The third-order valence-electron chi connectivity index (χ3n) is 2.00. The van der Waals surface area contributed by atoms with Crippen LogP contribution in [0.25, 0.3) is 0 Å². The molecule has 1 aromatic heterocycles. The largest absolute Gasteiger partial charge is 0.389 e. The number of hydrogen-bond donors (Lipinski definition) is 1. The molecule has 0 aromatic carbocycles. The summed E-state index contributed by atoms with van der Waals surface area (Å²) in [7, 11) is 1.61. The molecule has 0 spiro atoms. The normalized spacial score (nSPS) is 11.4. The van der Waals surface area contributed by atoms with Gasteiger partial charge in [-0.15, -0.1) is 0 Å². The SMILES string of the molecule is CN(CC(C)(C)O)c1nc(Cl)ccc1[N+](=O)[O-]. The zero-order valence-corrected chi connectivity index (χ0v) is 10.6. The average molecular weight is 260 g/mol. The van der Waals surface area contributed by atoms with Gasteiger partial charge in [0.2, 0.25) is 5.82 Å². The van der Waals surface area contributed by atoms with Crippen LogP contribution in [0, 0.1) is 10.1 Å². The van der Waals surface area contributed by atoms with Crippen LogP contribution in [0.1, 0.15) is 13.8 Å². The highest BCUT2D eigenvalue weighted by atomic mass is 35.5. The smallest absolute Gasteiger partial charge is 0.311 e. The molecule has 0 aliphatic carbocycles. The Bertz CT molecular complexity index is 431. The van der Waals surface area contributed by atoms with Crippen LogP contribution < -0.4 is 4.90 Å². The number of halogens is 1. The van der Waals surface area contributed by atoms with Crippen molar-refractivity contribution in [2.75, 3.05) is 18.5 Å². The molecule has 0 aliphatic rings. The molecule has 1 N–H and O–H groups in total. The van der Waals surface area contributed by atoms with Crippen LogP contribution >= 0.6 is 11.6 Å². The van der Waals surface area contributed by atoms with Gasteiger partial charge in [0, 0.05) is 19.7 Å². The van der Waals surface area contributed by atoms with Gasteiger partial charge in [-0.25, -0.2) is 4.98 Å². The zero-order valence-electron chi connectivity index (χ0n) is 9.85. The second-order valence-electron chi connectivity index (χ2n) is 4.40. The van der Waals surface area contributed by atoms with Crippen molar-refractivity contribution in [3.05, 3.63) is 27.4 Å². The van der Waals surface area contributed by atoms with Crippen LogP contribution in [0.15, 0.2) is 12.1 Å². The molecule has 94 valence electrons. The van der Waals surface area contributed by atoms with Gasteiger partial charge >= 0.3 is 5.69 Å². The average Bonchev–Trinajstić information content (AvgIpc) is 2.14. The van der Waals surface area contributed by atoms with Crippen LogP contribution in [-0.2, 0) is 0 Å². The summed E-state index contributed by atoms with van der Waals surface area (Å²) in [4.78, 5) is 15.7. The van der Waals surface area contributed by atoms with E-state index in [0.717, 1.165) is 0 Å². The van der Waals surface area contributed by atoms with E-state index < -0.39 is 10.5 Å². The molecule has 0 radical (unpaired) electrons. The lowest BCUT2D eigenvalue weighted by Crippen LogP contribution is -2.36. The van der Waals surface area contributed by atoms with Crippen molar-refractivity contribution in [3.8, 4) is 0 Å². The summed E-state index contributed by atoms with van der Waals surface area (Å²) in [5.41, 5.74) is -1.12. The monoisotopic (exact) mass is 259 g/mol. The molecule has 0 fully saturated rings. The van der Waals surface area contributed by atoms with E-state index in [9.17, 15) is 15.2 Å². The first-order chi connectivity index (χ1) is 7.70. The lowest BCUT2D eigenvalue weighted by Gasteiger charge is -2.26. The maximum absolute atomic E-state index is 10.8. The Kier molecular flexibility index (Phi) is 3.90. The van der Waals surface area contributed by atoms with Gasteiger partial charge in [0.05, 0.1) is 10.5 Å². The number of likely N-dealkylation sites (N-methyl/N-ethyl adjacent to an activating group) is 1. The first kappa shape index (κ1) is 13.7. The summed E-state index contributed by atoms with van der Waals surface area (Å²) < 4.78 is 0. The van der Waals surface area contributed by atoms with Crippen molar-refractivity contribution < 1.29 is 10.0 Å². The van der Waals surface area contributed by atoms with E-state index in [1.165, 1.54) is 17.0 Å². The minimum Gasteiger partial charge on any atom is -0.389 e. The molecule has 17 heavy (non-hydrogen) atoms. The highest BCUT2D eigenvalue weighted by molar-refractivity contribution is 6.29. The van der Waals surface area contributed by atoms with Crippen molar-refractivity contribution in [2.24, 2.45) is 0 Å². The maximum Gasteiger partial charge on any atom is 0.311 e. The topological polar surface area (TPSA) is 79.5 Å². The number of anilines is 1. The predicted molar refractivity (Wildman–Crippen MR) is 65.5 cm³/mol. The van der Waals surface area contributed by atoms with Crippen molar-refractivity contribution in [3.63, 3.8) is 0 Å². The Hall–Kier alpha value is -1.40. The van der Waals surface area contributed by atoms with Crippen molar-refractivity contribution in [1.29, 1.82) is 0 Å². The first-order valence-corrected chi connectivity index (χ1v) is 5.33. The minimum atomic E-state index is -0.980. The fourth-order valence-electron chi connectivity index (χ4n) is 1.50. The second-order valence-corrected chi connectivity index (χ2v) is 4.79. The third-order valence-corrected chi connectivity index (χ3v) is 2.21. The summed E-state index contributed by atoms with van der Waals surface area (Å²) >= 11 is 5.71. The van der Waals surface area contributed by atoms with Gasteiger partial charge < -0.3 is 10.0 Å². The molecule has 1 heterocycles. The van der Waals surface area contributed by atoms with Gasteiger partial charge in [0.1, 0.15) is 5.15 Å². The number of hydrogen-bond acceptors (Lipinski definition) is 5. The lowest BCUT2D eigenvalue weighted by molar-refractivity contribution is -0.384. The molecule has 0 unspecified atom stereocenters. The summed E-state index contributed by atoms with van der Waals surface area (Å²) in [5, 5.41) is 20.7. The Morgan fingerprint density at radius 2 is 2.18 bits per heavy atom. The minimum absolute atomic E-state index is 0.138. The molecule has 0 saturated carbocycles. The molecule has 6 nitrogen and oxygen atoms in total. The fraction of sp³-hybridized carbons (Fsp3) is 0.500. The van der Waals surface area contributed by atoms with E-state index in [0.29, 0.717) is 0 Å². The van der Waals surface area contributed by atoms with Crippen LogP contribution in [0.4, 0.5) is 11.5 Å². The Labute approximate surface area is 104 Å².